The lowest BCUT2D eigenvalue weighted by molar-refractivity contribution is -0.123. The molecule has 0 aromatic carbocycles. The molecule has 0 aliphatic carbocycles. The van der Waals surface area contributed by atoms with Crippen molar-refractivity contribution in [2.45, 2.75) is 26.3 Å². The number of carbonyl (C=O) groups excluding carboxylic acids is 1. The molecule has 78 valence electrons. The Bertz CT molecular complexity index is 148. The Morgan fingerprint density at radius 1 is 1.46 bits per heavy atom. The van der Waals surface area contributed by atoms with Crippen molar-refractivity contribution in [1.29, 1.82) is 0 Å². The van der Waals surface area contributed by atoms with Crippen molar-refractivity contribution in [3.63, 3.8) is 0 Å². The summed E-state index contributed by atoms with van der Waals surface area (Å²) >= 11 is 0. The van der Waals surface area contributed by atoms with Gasteiger partial charge in [-0.15, -0.1) is 0 Å². The van der Waals surface area contributed by atoms with Crippen molar-refractivity contribution >= 4 is 5.91 Å². The summed E-state index contributed by atoms with van der Waals surface area (Å²) in [7, 11) is 1.80. The van der Waals surface area contributed by atoms with Gasteiger partial charge in [0.1, 0.15) is 0 Å². The molecule has 0 heterocycles. The van der Waals surface area contributed by atoms with Gasteiger partial charge in [0.05, 0.1) is 6.04 Å². The predicted octanol–water partition coefficient (Wildman–Crippen LogP) is -0.305. The number of carbonyl (C=O) groups is 1. The fourth-order valence-corrected chi connectivity index (χ4v) is 1.19. The third kappa shape index (κ3) is 4.85. The van der Waals surface area contributed by atoms with Crippen LogP contribution in [0, 0.1) is 5.92 Å². The first-order chi connectivity index (χ1) is 6.13. The smallest absolute Gasteiger partial charge is 0.237 e. The van der Waals surface area contributed by atoms with E-state index in [1.165, 1.54) is 0 Å². The van der Waals surface area contributed by atoms with Gasteiger partial charge in [-0.2, -0.15) is 0 Å². The third-order valence-electron chi connectivity index (χ3n) is 1.94. The van der Waals surface area contributed by atoms with Crippen LogP contribution in [-0.4, -0.2) is 32.1 Å². The fourth-order valence-electron chi connectivity index (χ4n) is 1.19. The van der Waals surface area contributed by atoms with E-state index < -0.39 is 0 Å². The maximum atomic E-state index is 11.5. The number of nitrogens with two attached hydrogens (primary N) is 1. The van der Waals surface area contributed by atoms with Gasteiger partial charge >= 0.3 is 0 Å². The Kier molecular flexibility index (Phi) is 6.54. The van der Waals surface area contributed by atoms with Gasteiger partial charge in [-0.1, -0.05) is 13.8 Å². The van der Waals surface area contributed by atoms with E-state index in [0.29, 0.717) is 19.0 Å². The second kappa shape index (κ2) is 6.86. The van der Waals surface area contributed by atoms with Crippen molar-refractivity contribution in [3.05, 3.63) is 0 Å². The van der Waals surface area contributed by atoms with Crippen LogP contribution >= 0.6 is 0 Å². The summed E-state index contributed by atoms with van der Waals surface area (Å²) in [6.45, 7) is 5.32. The number of amides is 1. The molecule has 0 rings (SSSR count). The van der Waals surface area contributed by atoms with Crippen LogP contribution in [0.3, 0.4) is 0 Å². The van der Waals surface area contributed by atoms with Crippen LogP contribution in [0.25, 0.3) is 0 Å². The summed E-state index contributed by atoms with van der Waals surface area (Å²) < 4.78 is 0. The topological polar surface area (TPSA) is 67.2 Å². The van der Waals surface area contributed by atoms with Gasteiger partial charge in [-0.25, -0.2) is 0 Å². The highest BCUT2D eigenvalue weighted by Gasteiger charge is 2.18. The number of hydrogen-bond donors (Lipinski definition) is 3. The van der Waals surface area contributed by atoms with Gasteiger partial charge in [0.15, 0.2) is 0 Å². The zero-order valence-corrected chi connectivity index (χ0v) is 8.76. The van der Waals surface area contributed by atoms with E-state index in [2.05, 4.69) is 10.6 Å². The average molecular weight is 187 g/mol. The van der Waals surface area contributed by atoms with Gasteiger partial charge in [0.25, 0.3) is 0 Å². The molecule has 0 saturated carbocycles. The molecular weight excluding hydrogens is 166 g/mol. The van der Waals surface area contributed by atoms with Crippen LogP contribution in [0.2, 0.25) is 0 Å². The fraction of sp³-hybridized carbons (Fsp3) is 0.889. The van der Waals surface area contributed by atoms with Crippen molar-refractivity contribution < 1.29 is 4.79 Å². The minimum atomic E-state index is -0.0993. The molecule has 0 radical (unpaired) electrons. The van der Waals surface area contributed by atoms with Gasteiger partial charge in [0.2, 0.25) is 5.91 Å². The predicted molar refractivity (Wildman–Crippen MR) is 54.4 cm³/mol. The Hall–Kier alpha value is -0.610. The maximum absolute atomic E-state index is 11.5. The maximum Gasteiger partial charge on any atom is 0.237 e. The summed E-state index contributed by atoms with van der Waals surface area (Å²) in [5.41, 5.74) is 5.32. The van der Waals surface area contributed by atoms with Crippen LogP contribution < -0.4 is 16.4 Å². The second-order valence-corrected chi connectivity index (χ2v) is 3.44. The minimum Gasteiger partial charge on any atom is -0.355 e. The molecule has 0 saturated heterocycles. The van der Waals surface area contributed by atoms with Crippen molar-refractivity contribution in [3.8, 4) is 0 Å². The molecule has 4 N–H and O–H groups in total. The van der Waals surface area contributed by atoms with E-state index in [1.807, 2.05) is 13.8 Å². The van der Waals surface area contributed by atoms with Crippen LogP contribution in [-0.2, 0) is 4.79 Å². The zero-order valence-electron chi connectivity index (χ0n) is 8.76. The number of hydrogen-bond acceptors (Lipinski definition) is 3. The lowest BCUT2D eigenvalue weighted by atomic mass is 10.0. The molecule has 0 fully saturated rings. The van der Waals surface area contributed by atoms with Gasteiger partial charge in [0, 0.05) is 6.54 Å². The molecule has 0 aliphatic heterocycles. The molecule has 1 amide bonds. The van der Waals surface area contributed by atoms with Crippen LogP contribution in [0.5, 0.6) is 0 Å². The van der Waals surface area contributed by atoms with Crippen LogP contribution in [0.1, 0.15) is 20.3 Å². The largest absolute Gasteiger partial charge is 0.355 e. The highest BCUT2D eigenvalue weighted by molar-refractivity contribution is 5.81. The Balaban J connectivity index is 3.78. The van der Waals surface area contributed by atoms with Gasteiger partial charge in [-0.05, 0) is 25.9 Å². The summed E-state index contributed by atoms with van der Waals surface area (Å²) in [5, 5.41) is 5.82. The second-order valence-electron chi connectivity index (χ2n) is 3.44. The number of rotatable bonds is 6. The van der Waals surface area contributed by atoms with Crippen LogP contribution in [0.4, 0.5) is 0 Å². The minimum absolute atomic E-state index is 0.0611. The van der Waals surface area contributed by atoms with Crippen LogP contribution in [0.15, 0.2) is 0 Å². The van der Waals surface area contributed by atoms with E-state index >= 15 is 0 Å². The molecule has 0 aromatic rings. The first-order valence-electron chi connectivity index (χ1n) is 4.78. The normalized spacial score (nSPS) is 13.0. The van der Waals surface area contributed by atoms with E-state index in [4.69, 9.17) is 5.73 Å². The molecule has 0 spiro atoms. The lowest BCUT2D eigenvalue weighted by Gasteiger charge is -2.19. The Morgan fingerprint density at radius 3 is 2.46 bits per heavy atom. The highest BCUT2D eigenvalue weighted by atomic mass is 16.2. The Morgan fingerprint density at radius 2 is 2.08 bits per heavy atom. The Labute approximate surface area is 80.3 Å². The molecule has 0 aliphatic rings. The van der Waals surface area contributed by atoms with E-state index in [-0.39, 0.29) is 11.9 Å². The summed E-state index contributed by atoms with van der Waals surface area (Å²) in [4.78, 5) is 11.5. The van der Waals surface area contributed by atoms with Crippen molar-refractivity contribution in [1.82, 2.24) is 10.6 Å². The molecule has 13 heavy (non-hydrogen) atoms. The summed E-state index contributed by atoms with van der Waals surface area (Å²) in [6, 6.07) is -0.0993. The quantitative estimate of drug-likeness (QED) is 0.500. The number of nitrogens with one attached hydrogen (secondary N) is 2. The van der Waals surface area contributed by atoms with Gasteiger partial charge in [-0.3, -0.25) is 4.79 Å². The molecule has 1 atom stereocenters. The van der Waals surface area contributed by atoms with E-state index in [1.54, 1.807) is 7.05 Å². The van der Waals surface area contributed by atoms with E-state index in [0.717, 1.165) is 6.42 Å². The van der Waals surface area contributed by atoms with Crippen molar-refractivity contribution in [2.24, 2.45) is 11.7 Å². The van der Waals surface area contributed by atoms with Gasteiger partial charge < -0.3 is 16.4 Å². The lowest BCUT2D eigenvalue weighted by Crippen LogP contribution is -2.46. The first-order valence-corrected chi connectivity index (χ1v) is 4.78. The monoisotopic (exact) mass is 187 g/mol. The summed E-state index contributed by atoms with van der Waals surface area (Å²) in [5.74, 6) is 0.369. The molecule has 4 heteroatoms. The van der Waals surface area contributed by atoms with Crippen molar-refractivity contribution in [2.75, 3.05) is 20.1 Å². The van der Waals surface area contributed by atoms with E-state index in [9.17, 15) is 4.79 Å². The molecular formula is C9H21N3O. The highest BCUT2D eigenvalue weighted by Crippen LogP contribution is 2.00. The molecule has 0 bridgehead atoms. The zero-order chi connectivity index (χ0) is 10.3. The molecule has 1 unspecified atom stereocenters. The molecule has 4 nitrogen and oxygen atoms in total. The third-order valence-corrected chi connectivity index (χ3v) is 1.94. The molecule has 0 aromatic heterocycles. The summed E-state index contributed by atoms with van der Waals surface area (Å²) in [6.07, 6.45) is 0.834. The first kappa shape index (κ1) is 12.4. The SMILES string of the molecule is CNC(C(=O)NCCCN)C(C)C. The average Bonchev–Trinajstić information content (AvgIpc) is 2.05. The standard InChI is InChI=1S/C9H21N3O/c1-7(2)8(11-3)9(13)12-6-4-5-10/h7-8,11H,4-6,10H2,1-3H3,(H,12,13). The number of likely N-dealkylation sites (N-methyl/N-ethyl adjacent to an activating group) is 1.